The van der Waals surface area contributed by atoms with Crippen LogP contribution in [-0.4, -0.2) is 38.0 Å². The van der Waals surface area contributed by atoms with Gasteiger partial charge in [-0.1, -0.05) is 39.0 Å². The van der Waals surface area contributed by atoms with E-state index in [9.17, 15) is 9.59 Å². The van der Waals surface area contributed by atoms with Gasteiger partial charge in [0.25, 0.3) is 0 Å². The molecule has 0 heterocycles. The molecule has 128 valence electrons. The van der Waals surface area contributed by atoms with Crippen LogP contribution < -0.4 is 15.5 Å². The van der Waals surface area contributed by atoms with Crippen molar-refractivity contribution < 1.29 is 9.59 Å². The quantitative estimate of drug-likeness (QED) is 0.757. The van der Waals surface area contributed by atoms with Crippen LogP contribution in [0, 0.1) is 5.41 Å². The van der Waals surface area contributed by atoms with Gasteiger partial charge in [0.2, 0.25) is 11.8 Å². The summed E-state index contributed by atoms with van der Waals surface area (Å²) in [6.07, 6.45) is 0.844. The maximum Gasteiger partial charge on any atom is 0.242 e. The number of rotatable bonds is 7. The number of nitrogens with one attached hydrogen (secondary N) is 2. The summed E-state index contributed by atoms with van der Waals surface area (Å²) in [5, 5.41) is 5.60. The highest BCUT2D eigenvalue weighted by molar-refractivity contribution is 5.89. The fourth-order valence-electron chi connectivity index (χ4n) is 1.97. The van der Waals surface area contributed by atoms with Crippen molar-refractivity contribution in [3.05, 3.63) is 30.3 Å². The second-order valence-electron chi connectivity index (χ2n) is 6.85. The van der Waals surface area contributed by atoms with Crippen molar-refractivity contribution in [2.75, 3.05) is 25.0 Å². The highest BCUT2D eigenvalue weighted by Crippen LogP contribution is 2.13. The number of nitrogens with zero attached hydrogens (tertiary/aromatic N) is 1. The first-order valence-electron chi connectivity index (χ1n) is 8.06. The van der Waals surface area contributed by atoms with Gasteiger partial charge in [0, 0.05) is 31.2 Å². The molecule has 2 amide bonds. The van der Waals surface area contributed by atoms with E-state index < -0.39 is 11.5 Å². The van der Waals surface area contributed by atoms with Gasteiger partial charge in [-0.15, -0.1) is 0 Å². The summed E-state index contributed by atoms with van der Waals surface area (Å²) < 4.78 is 0. The van der Waals surface area contributed by atoms with Crippen LogP contribution in [0.25, 0.3) is 0 Å². The molecular formula is C18H29N3O2. The zero-order valence-corrected chi connectivity index (χ0v) is 14.8. The van der Waals surface area contributed by atoms with E-state index >= 15 is 0 Å². The molecule has 1 rings (SSSR count). The standard InChI is InChI=1S/C18H29N3O2/c1-14(20-17(23)18(2,3)4)16(22)19-12-9-13-21(5)15-10-7-6-8-11-15/h6-8,10-11,14H,9,12-13H2,1-5H3,(H,19,22)(H,20,23). The zero-order valence-electron chi connectivity index (χ0n) is 14.8. The third kappa shape index (κ3) is 6.72. The minimum atomic E-state index is -0.520. The number of para-hydroxylation sites is 1. The number of benzene rings is 1. The second-order valence-corrected chi connectivity index (χ2v) is 6.85. The normalized spacial score (nSPS) is 12.4. The van der Waals surface area contributed by atoms with Crippen LogP contribution in [0.4, 0.5) is 5.69 Å². The fraction of sp³-hybridized carbons (Fsp3) is 0.556. The van der Waals surface area contributed by atoms with Crippen LogP contribution in [0.2, 0.25) is 0 Å². The topological polar surface area (TPSA) is 61.4 Å². The van der Waals surface area contributed by atoms with Crippen LogP contribution in [0.15, 0.2) is 30.3 Å². The highest BCUT2D eigenvalue weighted by atomic mass is 16.2. The predicted molar refractivity (Wildman–Crippen MR) is 94.4 cm³/mol. The molecule has 2 N–H and O–H groups in total. The van der Waals surface area contributed by atoms with Gasteiger partial charge in [0.1, 0.15) is 6.04 Å². The summed E-state index contributed by atoms with van der Waals surface area (Å²) in [6, 6.07) is 9.60. The minimum absolute atomic E-state index is 0.121. The molecule has 0 spiro atoms. The van der Waals surface area contributed by atoms with E-state index in [4.69, 9.17) is 0 Å². The number of hydrogen-bond acceptors (Lipinski definition) is 3. The lowest BCUT2D eigenvalue weighted by molar-refractivity contribution is -0.133. The Hall–Kier alpha value is -2.04. The summed E-state index contributed by atoms with van der Waals surface area (Å²) >= 11 is 0. The maximum absolute atomic E-state index is 12.0. The van der Waals surface area contributed by atoms with Crippen LogP contribution in [-0.2, 0) is 9.59 Å². The van der Waals surface area contributed by atoms with Crippen molar-refractivity contribution in [3.63, 3.8) is 0 Å². The Morgan fingerprint density at radius 1 is 1.17 bits per heavy atom. The summed E-state index contributed by atoms with van der Waals surface area (Å²) in [6.45, 7) is 8.62. The van der Waals surface area contributed by atoms with Crippen molar-refractivity contribution in [1.82, 2.24) is 10.6 Å². The first kappa shape index (κ1) is 19.0. The third-order valence-electron chi connectivity index (χ3n) is 3.59. The Balaban J connectivity index is 2.27. The van der Waals surface area contributed by atoms with Gasteiger partial charge in [0.05, 0.1) is 0 Å². The number of carbonyl (C=O) groups is 2. The molecule has 0 aliphatic rings. The van der Waals surface area contributed by atoms with Crippen molar-refractivity contribution in [1.29, 1.82) is 0 Å². The van der Waals surface area contributed by atoms with Crippen molar-refractivity contribution >= 4 is 17.5 Å². The predicted octanol–water partition coefficient (Wildman–Crippen LogP) is 2.18. The molecule has 5 nitrogen and oxygen atoms in total. The molecule has 0 aliphatic carbocycles. The fourth-order valence-corrected chi connectivity index (χ4v) is 1.97. The molecule has 0 radical (unpaired) electrons. The Labute approximate surface area is 139 Å². The van der Waals surface area contributed by atoms with E-state index in [1.54, 1.807) is 6.92 Å². The van der Waals surface area contributed by atoms with E-state index in [0.717, 1.165) is 18.7 Å². The molecule has 0 bridgehead atoms. The zero-order chi connectivity index (χ0) is 17.5. The molecule has 0 saturated heterocycles. The summed E-state index contributed by atoms with van der Waals surface area (Å²) in [4.78, 5) is 26.0. The molecular weight excluding hydrogens is 290 g/mol. The molecule has 0 fully saturated rings. The minimum Gasteiger partial charge on any atom is -0.375 e. The van der Waals surface area contributed by atoms with Crippen molar-refractivity contribution in [3.8, 4) is 0 Å². The lowest BCUT2D eigenvalue weighted by Crippen LogP contribution is -2.48. The monoisotopic (exact) mass is 319 g/mol. The highest BCUT2D eigenvalue weighted by Gasteiger charge is 2.24. The number of amides is 2. The molecule has 1 atom stereocenters. The van der Waals surface area contributed by atoms with Crippen molar-refractivity contribution in [2.24, 2.45) is 5.41 Å². The van der Waals surface area contributed by atoms with E-state index in [1.165, 1.54) is 0 Å². The van der Waals surface area contributed by atoms with Gasteiger partial charge in [-0.05, 0) is 25.5 Å². The summed E-state index contributed by atoms with van der Waals surface area (Å²) in [5.74, 6) is -0.270. The van der Waals surface area contributed by atoms with Gasteiger partial charge in [-0.3, -0.25) is 9.59 Å². The maximum atomic E-state index is 12.0. The first-order valence-corrected chi connectivity index (χ1v) is 8.06. The molecule has 1 unspecified atom stereocenters. The average Bonchev–Trinajstić information content (AvgIpc) is 2.50. The molecule has 1 aromatic rings. The van der Waals surface area contributed by atoms with Crippen LogP contribution in [0.3, 0.4) is 0 Å². The van der Waals surface area contributed by atoms with E-state index in [0.29, 0.717) is 6.54 Å². The van der Waals surface area contributed by atoms with Crippen molar-refractivity contribution in [2.45, 2.75) is 40.2 Å². The Morgan fingerprint density at radius 3 is 2.35 bits per heavy atom. The van der Waals surface area contributed by atoms with Gasteiger partial charge in [-0.2, -0.15) is 0 Å². The number of hydrogen-bond donors (Lipinski definition) is 2. The second kappa shape index (κ2) is 8.56. The number of anilines is 1. The third-order valence-corrected chi connectivity index (χ3v) is 3.59. The van der Waals surface area contributed by atoms with Crippen LogP contribution >= 0.6 is 0 Å². The summed E-state index contributed by atoms with van der Waals surface area (Å²) in [7, 11) is 2.03. The molecule has 0 aliphatic heterocycles. The van der Waals surface area contributed by atoms with Crippen LogP contribution in [0.5, 0.6) is 0 Å². The molecule has 1 aromatic carbocycles. The van der Waals surface area contributed by atoms with Gasteiger partial charge < -0.3 is 15.5 Å². The molecule has 23 heavy (non-hydrogen) atoms. The van der Waals surface area contributed by atoms with Gasteiger partial charge in [0.15, 0.2) is 0 Å². The number of carbonyl (C=O) groups excluding carboxylic acids is 2. The van der Waals surface area contributed by atoms with E-state index in [1.807, 2.05) is 46.0 Å². The van der Waals surface area contributed by atoms with Gasteiger partial charge >= 0.3 is 0 Å². The van der Waals surface area contributed by atoms with E-state index in [-0.39, 0.29) is 11.8 Å². The smallest absolute Gasteiger partial charge is 0.242 e. The Bertz CT molecular complexity index is 509. The molecule has 5 heteroatoms. The largest absolute Gasteiger partial charge is 0.375 e. The molecule has 0 saturated carbocycles. The Morgan fingerprint density at radius 2 is 1.78 bits per heavy atom. The van der Waals surface area contributed by atoms with E-state index in [2.05, 4.69) is 27.7 Å². The SMILES string of the molecule is CC(NC(=O)C(C)(C)C)C(=O)NCCCN(C)c1ccccc1. The first-order chi connectivity index (χ1) is 10.7. The van der Waals surface area contributed by atoms with Gasteiger partial charge in [-0.25, -0.2) is 0 Å². The lowest BCUT2D eigenvalue weighted by atomic mass is 9.95. The average molecular weight is 319 g/mol. The summed E-state index contributed by atoms with van der Waals surface area (Å²) in [5.41, 5.74) is 0.664. The molecule has 0 aromatic heterocycles. The Kier molecular flexibility index (Phi) is 7.07. The van der Waals surface area contributed by atoms with Crippen LogP contribution in [0.1, 0.15) is 34.1 Å². The lowest BCUT2D eigenvalue weighted by Gasteiger charge is -2.22.